The first-order chi connectivity index (χ1) is 9.98. The first-order valence-corrected chi connectivity index (χ1v) is 8.32. The smallest absolute Gasteiger partial charge is 0.0993 e. The third kappa shape index (κ3) is 1.92. The lowest BCUT2D eigenvalue weighted by atomic mass is 9.62. The summed E-state index contributed by atoms with van der Waals surface area (Å²) in [5.41, 5.74) is 1.83. The van der Waals surface area contributed by atoms with Crippen LogP contribution in [0.15, 0.2) is 30.3 Å². The van der Waals surface area contributed by atoms with Gasteiger partial charge < -0.3 is 10.1 Å². The summed E-state index contributed by atoms with van der Waals surface area (Å²) in [5.74, 6) is 0.775. The molecule has 0 unspecified atom stereocenters. The van der Waals surface area contributed by atoms with E-state index in [1.165, 1.54) is 24.8 Å². The SMILES string of the molecule is CNCCO[C@@]1(c2ccccc2)C[C@@H]2CC[C@@]1(C)C2(C)C. The van der Waals surface area contributed by atoms with Crippen LogP contribution in [0.4, 0.5) is 0 Å². The number of hydrogen-bond donors (Lipinski definition) is 1. The lowest BCUT2D eigenvalue weighted by molar-refractivity contribution is -0.145. The molecule has 0 spiro atoms. The summed E-state index contributed by atoms with van der Waals surface area (Å²) in [4.78, 5) is 0. The Hall–Kier alpha value is -0.860. The van der Waals surface area contributed by atoms with Gasteiger partial charge in [0, 0.05) is 12.0 Å². The van der Waals surface area contributed by atoms with Crippen molar-refractivity contribution in [2.45, 2.75) is 45.6 Å². The fraction of sp³-hybridized carbons (Fsp3) is 0.684. The van der Waals surface area contributed by atoms with Crippen LogP contribution < -0.4 is 5.32 Å². The highest BCUT2D eigenvalue weighted by Gasteiger charge is 2.69. The summed E-state index contributed by atoms with van der Waals surface area (Å²) in [5, 5.41) is 3.21. The van der Waals surface area contributed by atoms with E-state index in [1.807, 2.05) is 7.05 Å². The van der Waals surface area contributed by atoms with Crippen molar-refractivity contribution in [1.29, 1.82) is 0 Å². The molecule has 3 rings (SSSR count). The van der Waals surface area contributed by atoms with Crippen LogP contribution >= 0.6 is 0 Å². The summed E-state index contributed by atoms with van der Waals surface area (Å²) >= 11 is 0. The van der Waals surface area contributed by atoms with Gasteiger partial charge in [-0.3, -0.25) is 0 Å². The molecule has 2 nitrogen and oxygen atoms in total. The summed E-state index contributed by atoms with van der Waals surface area (Å²) in [6.45, 7) is 9.07. The molecule has 0 aliphatic heterocycles. The molecule has 1 N–H and O–H groups in total. The Morgan fingerprint density at radius 1 is 1.19 bits per heavy atom. The van der Waals surface area contributed by atoms with Crippen molar-refractivity contribution in [2.75, 3.05) is 20.2 Å². The van der Waals surface area contributed by atoms with Gasteiger partial charge in [-0.25, -0.2) is 0 Å². The molecule has 1 aromatic rings. The molecule has 2 saturated carbocycles. The van der Waals surface area contributed by atoms with E-state index in [1.54, 1.807) is 0 Å². The molecule has 0 radical (unpaired) electrons. The minimum absolute atomic E-state index is 0.114. The second-order valence-corrected chi connectivity index (χ2v) is 7.64. The molecule has 2 heteroatoms. The second kappa shape index (κ2) is 5.10. The third-order valence-corrected chi connectivity index (χ3v) is 6.80. The van der Waals surface area contributed by atoms with Crippen molar-refractivity contribution in [3.05, 3.63) is 35.9 Å². The Bertz CT molecular complexity index is 498. The van der Waals surface area contributed by atoms with E-state index >= 15 is 0 Å². The van der Waals surface area contributed by atoms with Crippen LogP contribution in [-0.2, 0) is 10.3 Å². The average molecular weight is 287 g/mol. The molecule has 2 aliphatic rings. The quantitative estimate of drug-likeness (QED) is 0.828. The minimum atomic E-state index is -0.114. The van der Waals surface area contributed by atoms with Crippen LogP contribution in [0.3, 0.4) is 0 Å². The van der Waals surface area contributed by atoms with Crippen LogP contribution in [0.25, 0.3) is 0 Å². The number of nitrogens with one attached hydrogen (secondary N) is 1. The van der Waals surface area contributed by atoms with Gasteiger partial charge in [0.05, 0.1) is 12.2 Å². The van der Waals surface area contributed by atoms with Crippen LogP contribution in [0, 0.1) is 16.7 Å². The normalized spacial score (nSPS) is 37.0. The predicted molar refractivity (Wildman–Crippen MR) is 87.2 cm³/mol. The molecule has 0 saturated heterocycles. The lowest BCUT2D eigenvalue weighted by Gasteiger charge is -2.49. The Morgan fingerprint density at radius 2 is 1.90 bits per heavy atom. The van der Waals surface area contributed by atoms with Gasteiger partial charge in [0.25, 0.3) is 0 Å². The van der Waals surface area contributed by atoms with Gasteiger partial charge in [-0.05, 0) is 43.2 Å². The molecular formula is C19H29NO. The fourth-order valence-electron chi connectivity index (χ4n) is 5.02. The minimum Gasteiger partial charge on any atom is -0.368 e. The van der Waals surface area contributed by atoms with Crippen molar-refractivity contribution in [2.24, 2.45) is 16.7 Å². The fourth-order valence-corrected chi connectivity index (χ4v) is 5.02. The van der Waals surface area contributed by atoms with E-state index < -0.39 is 0 Å². The van der Waals surface area contributed by atoms with Gasteiger partial charge >= 0.3 is 0 Å². The first-order valence-electron chi connectivity index (χ1n) is 8.32. The zero-order chi connectivity index (χ0) is 15.1. The second-order valence-electron chi connectivity index (χ2n) is 7.64. The monoisotopic (exact) mass is 287 g/mol. The molecule has 2 bridgehead atoms. The molecule has 116 valence electrons. The number of rotatable bonds is 5. The molecule has 2 fully saturated rings. The molecule has 0 aromatic heterocycles. The van der Waals surface area contributed by atoms with E-state index in [0.29, 0.717) is 5.41 Å². The summed E-state index contributed by atoms with van der Waals surface area (Å²) in [6, 6.07) is 10.9. The van der Waals surface area contributed by atoms with Gasteiger partial charge in [-0.15, -0.1) is 0 Å². The molecular weight excluding hydrogens is 258 g/mol. The third-order valence-electron chi connectivity index (χ3n) is 6.80. The van der Waals surface area contributed by atoms with Crippen molar-refractivity contribution < 1.29 is 4.74 Å². The van der Waals surface area contributed by atoms with Crippen molar-refractivity contribution in [3.8, 4) is 0 Å². The maximum atomic E-state index is 6.63. The Kier molecular flexibility index (Phi) is 3.66. The van der Waals surface area contributed by atoms with Crippen LogP contribution in [-0.4, -0.2) is 20.2 Å². The molecule has 0 heterocycles. The number of ether oxygens (including phenoxy) is 1. The van der Waals surface area contributed by atoms with Crippen LogP contribution in [0.2, 0.25) is 0 Å². The zero-order valence-corrected chi connectivity index (χ0v) is 13.9. The van der Waals surface area contributed by atoms with E-state index in [-0.39, 0.29) is 11.0 Å². The Morgan fingerprint density at radius 3 is 2.43 bits per heavy atom. The van der Waals surface area contributed by atoms with Crippen LogP contribution in [0.1, 0.15) is 45.6 Å². The number of likely N-dealkylation sites (N-methyl/N-ethyl adjacent to an activating group) is 1. The van der Waals surface area contributed by atoms with Gasteiger partial charge in [-0.2, -0.15) is 0 Å². The van der Waals surface area contributed by atoms with E-state index in [9.17, 15) is 0 Å². The number of hydrogen-bond acceptors (Lipinski definition) is 2. The standard InChI is InChI=1S/C19H29NO/c1-17(2)16-10-11-18(17,3)19(14-16,21-13-12-20-4)15-8-6-5-7-9-15/h5-9,16,20H,10-14H2,1-4H3/t16-,18-,19+/m0/s1. The van der Waals surface area contributed by atoms with Crippen LogP contribution in [0.5, 0.6) is 0 Å². The average Bonchev–Trinajstić information content (AvgIpc) is 2.80. The van der Waals surface area contributed by atoms with E-state index in [2.05, 4.69) is 56.4 Å². The van der Waals surface area contributed by atoms with Crippen molar-refractivity contribution in [3.63, 3.8) is 0 Å². The van der Waals surface area contributed by atoms with Gasteiger partial charge in [0.1, 0.15) is 0 Å². The molecule has 2 aliphatic carbocycles. The molecule has 21 heavy (non-hydrogen) atoms. The Labute approximate surface area is 129 Å². The molecule has 0 amide bonds. The topological polar surface area (TPSA) is 21.3 Å². The van der Waals surface area contributed by atoms with E-state index in [0.717, 1.165) is 19.1 Å². The lowest BCUT2D eigenvalue weighted by Crippen LogP contribution is -2.47. The van der Waals surface area contributed by atoms with Gasteiger partial charge in [-0.1, -0.05) is 51.1 Å². The molecule has 3 atom stereocenters. The summed E-state index contributed by atoms with van der Waals surface area (Å²) < 4.78 is 6.63. The predicted octanol–water partition coefficient (Wildman–Crippen LogP) is 3.96. The van der Waals surface area contributed by atoms with Crippen molar-refractivity contribution in [1.82, 2.24) is 5.32 Å². The van der Waals surface area contributed by atoms with Crippen molar-refractivity contribution >= 4 is 0 Å². The number of benzene rings is 1. The highest BCUT2D eigenvalue weighted by atomic mass is 16.5. The number of fused-ring (bicyclic) bond motifs is 2. The van der Waals surface area contributed by atoms with E-state index in [4.69, 9.17) is 4.74 Å². The highest BCUT2D eigenvalue weighted by molar-refractivity contribution is 5.32. The highest BCUT2D eigenvalue weighted by Crippen LogP contribution is 2.73. The largest absolute Gasteiger partial charge is 0.368 e. The zero-order valence-electron chi connectivity index (χ0n) is 13.9. The summed E-state index contributed by atoms with van der Waals surface area (Å²) in [7, 11) is 1.99. The summed E-state index contributed by atoms with van der Waals surface area (Å²) in [6.07, 6.45) is 3.80. The first kappa shape index (κ1) is 15.1. The Balaban J connectivity index is 2.03. The van der Waals surface area contributed by atoms with Gasteiger partial charge in [0.15, 0.2) is 0 Å². The maximum absolute atomic E-state index is 6.63. The maximum Gasteiger partial charge on any atom is 0.0993 e. The van der Waals surface area contributed by atoms with Gasteiger partial charge in [0.2, 0.25) is 0 Å². The molecule has 1 aromatic carbocycles.